The summed E-state index contributed by atoms with van der Waals surface area (Å²) in [6.07, 6.45) is 5.16. The smallest absolute Gasteiger partial charge is 0.136 e. The number of aryl methyl sites for hydroxylation is 1. The molecule has 1 fully saturated rings. The first kappa shape index (κ1) is 15.5. The molecule has 0 amide bonds. The van der Waals surface area contributed by atoms with Crippen LogP contribution in [0.1, 0.15) is 36.8 Å². The summed E-state index contributed by atoms with van der Waals surface area (Å²) in [6.45, 7) is 2.08. The summed E-state index contributed by atoms with van der Waals surface area (Å²) in [6, 6.07) is 20.6. The van der Waals surface area contributed by atoms with Gasteiger partial charge in [-0.1, -0.05) is 72.6 Å². The Kier molecular flexibility index (Phi) is 6.21. The summed E-state index contributed by atoms with van der Waals surface area (Å²) in [5.74, 6) is 0.770. The second-order valence-corrected chi connectivity index (χ2v) is 5.75. The minimum absolute atomic E-state index is 0.297. The van der Waals surface area contributed by atoms with Crippen molar-refractivity contribution in [3.63, 3.8) is 0 Å². The Hall–Kier alpha value is -1.89. The molecule has 1 aliphatic carbocycles. The second-order valence-electron chi connectivity index (χ2n) is 5.75. The van der Waals surface area contributed by atoms with Crippen molar-refractivity contribution in [2.45, 2.75) is 39.0 Å². The van der Waals surface area contributed by atoms with Crippen molar-refractivity contribution in [1.29, 1.82) is 0 Å². The predicted molar refractivity (Wildman–Crippen MR) is 88.3 cm³/mol. The van der Waals surface area contributed by atoms with Crippen LogP contribution in [0.2, 0.25) is 0 Å². The molecule has 1 aliphatic rings. The first-order chi connectivity index (χ1) is 10.3. The molecule has 110 valence electrons. The third-order valence-corrected chi connectivity index (χ3v) is 3.95. The number of carbonyl (C=O) groups excluding carboxylic acids is 1. The molecule has 0 radical (unpaired) electrons. The van der Waals surface area contributed by atoms with Gasteiger partial charge in [-0.25, -0.2) is 0 Å². The number of hydrogen-bond acceptors (Lipinski definition) is 1. The highest BCUT2D eigenvalue weighted by molar-refractivity contribution is 5.81. The molecule has 21 heavy (non-hydrogen) atoms. The first-order valence-corrected chi connectivity index (χ1v) is 7.84. The van der Waals surface area contributed by atoms with E-state index < -0.39 is 0 Å². The molecule has 1 saturated carbocycles. The van der Waals surface area contributed by atoms with Crippen molar-refractivity contribution in [3.05, 3.63) is 71.8 Å². The standard InChI is InChI=1S/C13H16O.C7H8/c14-13-9-5-4-8-12(13)10-11-6-2-1-3-7-11;1-7-5-3-2-4-6-7/h1-3,6-7,12H,4-5,8-10H2;2-6H,1H3. The van der Waals surface area contributed by atoms with Crippen LogP contribution in [-0.2, 0) is 11.2 Å². The van der Waals surface area contributed by atoms with E-state index in [-0.39, 0.29) is 0 Å². The second kappa shape index (κ2) is 8.41. The molecule has 0 aromatic heterocycles. The van der Waals surface area contributed by atoms with Gasteiger partial charge in [-0.05, 0) is 31.7 Å². The molecule has 0 saturated heterocycles. The molecule has 2 aromatic carbocycles. The fraction of sp³-hybridized carbons (Fsp3) is 0.350. The zero-order chi connectivity index (χ0) is 14.9. The van der Waals surface area contributed by atoms with Crippen LogP contribution in [0, 0.1) is 12.8 Å². The number of carbonyl (C=O) groups is 1. The Morgan fingerprint density at radius 1 is 0.905 bits per heavy atom. The Morgan fingerprint density at radius 3 is 2.05 bits per heavy atom. The summed E-state index contributed by atoms with van der Waals surface area (Å²) in [4.78, 5) is 11.6. The van der Waals surface area contributed by atoms with E-state index in [0.29, 0.717) is 11.7 Å². The van der Waals surface area contributed by atoms with Gasteiger partial charge >= 0.3 is 0 Å². The summed E-state index contributed by atoms with van der Waals surface area (Å²) in [5, 5.41) is 0. The lowest BCUT2D eigenvalue weighted by Gasteiger charge is -2.20. The van der Waals surface area contributed by atoms with Gasteiger partial charge in [0.15, 0.2) is 0 Å². The highest BCUT2D eigenvalue weighted by Crippen LogP contribution is 2.23. The number of benzene rings is 2. The van der Waals surface area contributed by atoms with Crippen LogP contribution in [0.15, 0.2) is 60.7 Å². The molecular formula is C20H24O. The first-order valence-electron chi connectivity index (χ1n) is 7.84. The van der Waals surface area contributed by atoms with Crippen molar-refractivity contribution < 1.29 is 4.79 Å². The average molecular weight is 280 g/mol. The maximum absolute atomic E-state index is 11.6. The average Bonchev–Trinajstić information content (AvgIpc) is 2.52. The van der Waals surface area contributed by atoms with Crippen LogP contribution in [0.5, 0.6) is 0 Å². The summed E-state index contributed by atoms with van der Waals surface area (Å²) >= 11 is 0. The molecular weight excluding hydrogens is 256 g/mol. The highest BCUT2D eigenvalue weighted by atomic mass is 16.1. The lowest BCUT2D eigenvalue weighted by atomic mass is 9.84. The lowest BCUT2D eigenvalue weighted by Crippen LogP contribution is -2.20. The quantitative estimate of drug-likeness (QED) is 0.758. The van der Waals surface area contributed by atoms with Crippen LogP contribution in [0.25, 0.3) is 0 Å². The molecule has 0 N–H and O–H groups in total. The van der Waals surface area contributed by atoms with Gasteiger partial charge in [-0.15, -0.1) is 0 Å². The molecule has 2 aromatic rings. The number of hydrogen-bond donors (Lipinski definition) is 0. The van der Waals surface area contributed by atoms with Crippen LogP contribution < -0.4 is 0 Å². The van der Waals surface area contributed by atoms with Crippen molar-refractivity contribution in [2.24, 2.45) is 5.92 Å². The highest BCUT2D eigenvalue weighted by Gasteiger charge is 2.21. The van der Waals surface area contributed by atoms with E-state index >= 15 is 0 Å². The maximum Gasteiger partial charge on any atom is 0.136 e. The molecule has 3 rings (SSSR count). The molecule has 1 nitrogen and oxygen atoms in total. The van der Waals surface area contributed by atoms with E-state index in [9.17, 15) is 4.79 Å². The third kappa shape index (κ3) is 5.55. The summed E-state index contributed by atoms with van der Waals surface area (Å²) in [7, 11) is 0. The SMILES string of the molecule is Cc1ccccc1.O=C1CCCCC1Cc1ccccc1. The van der Waals surface area contributed by atoms with E-state index in [2.05, 4.69) is 31.2 Å². The Morgan fingerprint density at radius 2 is 1.52 bits per heavy atom. The van der Waals surface area contributed by atoms with Crippen molar-refractivity contribution in [1.82, 2.24) is 0 Å². The number of ketones is 1. The van der Waals surface area contributed by atoms with Crippen LogP contribution in [0.3, 0.4) is 0 Å². The van der Waals surface area contributed by atoms with E-state index in [4.69, 9.17) is 0 Å². The van der Waals surface area contributed by atoms with Crippen LogP contribution in [-0.4, -0.2) is 5.78 Å². The summed E-state index contributed by atoms with van der Waals surface area (Å²) < 4.78 is 0. The van der Waals surface area contributed by atoms with Gasteiger partial charge < -0.3 is 0 Å². The molecule has 1 heteroatoms. The van der Waals surface area contributed by atoms with Gasteiger partial charge in [0.25, 0.3) is 0 Å². The zero-order valence-electron chi connectivity index (χ0n) is 12.8. The van der Waals surface area contributed by atoms with Crippen molar-refractivity contribution in [3.8, 4) is 0 Å². The third-order valence-electron chi connectivity index (χ3n) is 3.95. The largest absolute Gasteiger partial charge is 0.299 e. The van der Waals surface area contributed by atoms with E-state index in [1.54, 1.807) is 0 Å². The minimum Gasteiger partial charge on any atom is -0.299 e. The van der Waals surface area contributed by atoms with Gasteiger partial charge in [-0.2, -0.15) is 0 Å². The van der Waals surface area contributed by atoms with Gasteiger partial charge in [0.05, 0.1) is 0 Å². The van der Waals surface area contributed by atoms with Gasteiger partial charge in [0, 0.05) is 12.3 Å². The fourth-order valence-electron chi connectivity index (χ4n) is 2.70. The maximum atomic E-state index is 11.6. The van der Waals surface area contributed by atoms with E-state index in [0.717, 1.165) is 25.7 Å². The number of rotatable bonds is 2. The van der Waals surface area contributed by atoms with Crippen molar-refractivity contribution in [2.75, 3.05) is 0 Å². The molecule has 0 aliphatic heterocycles. The van der Waals surface area contributed by atoms with E-state index in [1.807, 2.05) is 36.4 Å². The minimum atomic E-state index is 0.297. The van der Waals surface area contributed by atoms with Gasteiger partial charge in [-0.3, -0.25) is 4.79 Å². The topological polar surface area (TPSA) is 17.1 Å². The summed E-state index contributed by atoms with van der Waals surface area (Å²) in [5.41, 5.74) is 2.62. The van der Waals surface area contributed by atoms with Crippen LogP contribution >= 0.6 is 0 Å². The molecule has 0 spiro atoms. The van der Waals surface area contributed by atoms with Gasteiger partial charge in [0.1, 0.15) is 5.78 Å². The van der Waals surface area contributed by atoms with Crippen molar-refractivity contribution >= 4 is 5.78 Å². The Labute approximate surface area is 128 Å². The van der Waals surface area contributed by atoms with E-state index in [1.165, 1.54) is 17.5 Å². The van der Waals surface area contributed by atoms with Gasteiger partial charge in [0.2, 0.25) is 0 Å². The predicted octanol–water partition coefficient (Wildman–Crippen LogP) is 4.98. The fourth-order valence-corrected chi connectivity index (χ4v) is 2.70. The molecule has 1 unspecified atom stereocenters. The molecule has 1 atom stereocenters. The number of Topliss-reactive ketones (excluding diaryl/α,β-unsaturated/α-hetero) is 1. The Balaban J connectivity index is 0.000000194. The molecule has 0 heterocycles. The zero-order valence-corrected chi connectivity index (χ0v) is 12.8. The lowest BCUT2D eigenvalue weighted by molar-refractivity contribution is -0.124. The van der Waals surface area contributed by atoms with Crippen LogP contribution in [0.4, 0.5) is 0 Å². The Bertz CT molecular complexity index is 530. The monoisotopic (exact) mass is 280 g/mol. The normalized spacial score (nSPS) is 17.8. The molecule has 0 bridgehead atoms.